The second-order valence-corrected chi connectivity index (χ2v) is 11.6. The van der Waals surface area contributed by atoms with Gasteiger partial charge >= 0.3 is 33.0 Å². The van der Waals surface area contributed by atoms with Crippen LogP contribution in [0.4, 0.5) is 25.2 Å². The van der Waals surface area contributed by atoms with Crippen molar-refractivity contribution in [1.82, 2.24) is 0 Å². The zero-order valence-electron chi connectivity index (χ0n) is 17.4. The summed E-state index contributed by atoms with van der Waals surface area (Å²) in [6, 6.07) is 0. The first-order valence-electron chi connectivity index (χ1n) is 10.5. The van der Waals surface area contributed by atoms with E-state index in [1.807, 2.05) is 0 Å². The molecule has 0 saturated carbocycles. The van der Waals surface area contributed by atoms with Gasteiger partial charge in [-0.2, -0.15) is 0 Å². The Morgan fingerprint density at radius 1 is 0.444 bits per heavy atom. The molecule has 0 radical (unpaired) electrons. The van der Waals surface area contributed by atoms with Crippen molar-refractivity contribution in [2.24, 2.45) is 0 Å². The second-order valence-electron chi connectivity index (χ2n) is 7.22. The summed E-state index contributed by atoms with van der Waals surface area (Å²) in [6.07, 6.45) is 18.9. The van der Waals surface area contributed by atoms with Gasteiger partial charge in [-0.3, -0.25) is 0 Å². The Hall–Kier alpha value is 0.360. The van der Waals surface area contributed by atoms with E-state index in [4.69, 9.17) is 0 Å². The summed E-state index contributed by atoms with van der Waals surface area (Å²) >= 11 is 0. The molecule has 0 bridgehead atoms. The van der Waals surface area contributed by atoms with Crippen LogP contribution in [0.2, 0.25) is 0 Å². The summed E-state index contributed by atoms with van der Waals surface area (Å²) in [5.74, 6) is 4.62. The number of rotatable bonds is 16. The van der Waals surface area contributed by atoms with E-state index in [0.717, 1.165) is 10.9 Å². The Bertz CT molecular complexity index is 306. The van der Waals surface area contributed by atoms with Gasteiger partial charge in [0.15, 0.2) is 0 Å². The number of hydrogen-bond acceptors (Lipinski definition) is 0. The zero-order chi connectivity index (χ0) is 21.3. The molecule has 0 aromatic carbocycles. The van der Waals surface area contributed by atoms with Crippen molar-refractivity contribution in [3.63, 3.8) is 0 Å². The molecule has 0 spiro atoms. The van der Waals surface area contributed by atoms with Gasteiger partial charge in [0, 0.05) is 0 Å². The molecular formula is C19H41F6PS. The molecular weight excluding hydrogens is 405 g/mol. The molecule has 27 heavy (non-hydrogen) atoms. The number of halogens is 6. The molecule has 0 rings (SSSR count). The third-order valence-corrected chi connectivity index (χ3v) is 6.71. The van der Waals surface area contributed by atoms with E-state index in [9.17, 15) is 25.2 Å². The number of unbranched alkanes of at least 4 members (excludes halogenated alkanes) is 10. The number of hydrogen-bond donors (Lipinski definition) is 0. The van der Waals surface area contributed by atoms with Gasteiger partial charge in [-0.05, 0) is 49.4 Å². The second kappa shape index (κ2) is 14.4. The quantitative estimate of drug-likeness (QED) is 0.0957. The van der Waals surface area contributed by atoms with Crippen LogP contribution in [0.15, 0.2) is 0 Å². The molecule has 0 unspecified atom stereocenters. The van der Waals surface area contributed by atoms with E-state index in [1.54, 1.807) is 11.5 Å². The first-order valence-corrected chi connectivity index (χ1v) is 14.3. The van der Waals surface area contributed by atoms with Gasteiger partial charge in [-0.15, -0.1) is 0 Å². The summed E-state index contributed by atoms with van der Waals surface area (Å²) in [5.41, 5.74) is 0. The standard InChI is InChI=1S/C19H41S.F6P/c1-4-7-10-12-15-18-20(17-14-9-6-3)19-16-13-11-8-5-2;1-7(2,3,4,5)6/h4-19H2,1-3H3;/q+1;-1. The molecule has 8 heteroatoms. The van der Waals surface area contributed by atoms with Gasteiger partial charge in [0.1, 0.15) is 17.3 Å². The molecule has 0 aliphatic carbocycles. The zero-order valence-corrected chi connectivity index (χ0v) is 19.1. The Morgan fingerprint density at radius 2 is 0.667 bits per heavy atom. The Kier molecular flexibility index (Phi) is 15.7. The van der Waals surface area contributed by atoms with Crippen molar-refractivity contribution in [3.05, 3.63) is 0 Å². The van der Waals surface area contributed by atoms with E-state index >= 15 is 0 Å². The Morgan fingerprint density at radius 3 is 0.963 bits per heavy atom. The van der Waals surface area contributed by atoms with Crippen molar-refractivity contribution >= 4 is 18.7 Å². The van der Waals surface area contributed by atoms with Crippen molar-refractivity contribution < 1.29 is 25.2 Å². The van der Waals surface area contributed by atoms with Crippen molar-refractivity contribution in [2.75, 3.05) is 17.3 Å². The average Bonchev–Trinajstić information content (AvgIpc) is 2.51. The van der Waals surface area contributed by atoms with E-state index in [-0.39, 0.29) is 0 Å². The molecule has 0 amide bonds. The minimum atomic E-state index is -10.7. The van der Waals surface area contributed by atoms with Crippen molar-refractivity contribution in [2.45, 2.75) is 104 Å². The fourth-order valence-corrected chi connectivity index (χ4v) is 5.13. The third kappa shape index (κ3) is 41.7. The van der Waals surface area contributed by atoms with E-state index < -0.39 is 7.81 Å². The molecule has 0 nitrogen and oxygen atoms in total. The molecule has 0 aliphatic rings. The Labute approximate surface area is 165 Å². The van der Waals surface area contributed by atoms with E-state index in [2.05, 4.69) is 20.8 Å². The molecule has 0 N–H and O–H groups in total. The van der Waals surface area contributed by atoms with Gasteiger partial charge in [-0.25, -0.2) is 0 Å². The molecule has 0 aromatic rings. The minimum absolute atomic E-state index is 0.763. The van der Waals surface area contributed by atoms with Crippen LogP contribution in [0.3, 0.4) is 0 Å². The first kappa shape index (κ1) is 29.6. The molecule has 0 heterocycles. The summed E-state index contributed by atoms with van der Waals surface area (Å²) in [5, 5.41) is 0. The fourth-order valence-electron chi connectivity index (χ4n) is 2.68. The van der Waals surface area contributed by atoms with Crippen LogP contribution in [-0.4, -0.2) is 17.3 Å². The summed E-state index contributed by atoms with van der Waals surface area (Å²) < 4.78 is 59.2. The fraction of sp³-hybridized carbons (Fsp3) is 1.00. The average molecular weight is 447 g/mol. The van der Waals surface area contributed by atoms with Crippen LogP contribution in [0.5, 0.6) is 0 Å². The van der Waals surface area contributed by atoms with Gasteiger partial charge in [0.2, 0.25) is 0 Å². The summed E-state index contributed by atoms with van der Waals surface area (Å²) in [4.78, 5) is 0. The molecule has 0 aliphatic heterocycles. The Balaban J connectivity index is 0. The van der Waals surface area contributed by atoms with Gasteiger partial charge in [-0.1, -0.05) is 65.7 Å². The molecule has 0 fully saturated rings. The molecule has 0 atom stereocenters. The predicted octanol–water partition coefficient (Wildman–Crippen LogP) is 10.1. The van der Waals surface area contributed by atoms with Crippen LogP contribution in [0, 0.1) is 0 Å². The molecule has 0 aromatic heterocycles. The van der Waals surface area contributed by atoms with Crippen molar-refractivity contribution in [3.8, 4) is 0 Å². The molecule has 0 saturated heterocycles. The van der Waals surface area contributed by atoms with Crippen LogP contribution in [0.25, 0.3) is 0 Å². The maximum absolute atomic E-state index is 10.7. The van der Waals surface area contributed by atoms with Gasteiger partial charge < -0.3 is 0 Å². The van der Waals surface area contributed by atoms with Crippen LogP contribution >= 0.6 is 7.81 Å². The summed E-state index contributed by atoms with van der Waals surface area (Å²) in [6.45, 7) is 6.95. The maximum atomic E-state index is 9.87. The van der Waals surface area contributed by atoms with E-state index in [1.165, 1.54) is 89.2 Å². The van der Waals surface area contributed by atoms with Crippen LogP contribution in [0.1, 0.15) is 104 Å². The normalized spacial score (nSPS) is 14.4. The summed E-state index contributed by atoms with van der Waals surface area (Å²) in [7, 11) is -9.89. The van der Waals surface area contributed by atoms with Gasteiger partial charge in [0.25, 0.3) is 0 Å². The van der Waals surface area contributed by atoms with Gasteiger partial charge in [0.05, 0.1) is 0 Å². The van der Waals surface area contributed by atoms with E-state index in [0.29, 0.717) is 0 Å². The third-order valence-electron chi connectivity index (χ3n) is 4.11. The van der Waals surface area contributed by atoms with Crippen LogP contribution in [-0.2, 0) is 10.9 Å². The predicted molar refractivity (Wildman–Crippen MR) is 113 cm³/mol. The van der Waals surface area contributed by atoms with Crippen LogP contribution < -0.4 is 0 Å². The topological polar surface area (TPSA) is 0 Å². The SMILES string of the molecule is CCCCCCC[S+](CCCCC)CCCCCCC.F[P-](F)(F)(F)(F)F. The molecule has 170 valence electrons. The monoisotopic (exact) mass is 446 g/mol. The first-order chi connectivity index (χ1) is 12.3. The van der Waals surface area contributed by atoms with Crippen molar-refractivity contribution in [1.29, 1.82) is 0 Å².